The van der Waals surface area contributed by atoms with Crippen molar-refractivity contribution in [2.24, 2.45) is 40.2 Å². The standard InChI is InChI=1S/C24H36N2O4/c1-23-8-6-16(26-30-11-10-25)14-20(23)15(13-22(28)29-3)12-17-18-4-5-21(27)24(18,2)9-7-19(17)23/h13-14,17-20,26H,4-12,25H2,1-3H3/t17?,18?,19?,20?,23-,24+/m1/s1. The van der Waals surface area contributed by atoms with Gasteiger partial charge in [-0.15, -0.1) is 0 Å². The molecule has 0 radical (unpaired) electrons. The first-order valence-corrected chi connectivity index (χ1v) is 11.4. The Hall–Kier alpha value is -1.66. The van der Waals surface area contributed by atoms with Gasteiger partial charge in [-0.3, -0.25) is 15.1 Å². The van der Waals surface area contributed by atoms with E-state index >= 15 is 0 Å². The van der Waals surface area contributed by atoms with Gasteiger partial charge < -0.3 is 10.5 Å². The monoisotopic (exact) mass is 416 g/mol. The number of allylic oxidation sites excluding steroid dienone is 3. The number of hydrogen-bond acceptors (Lipinski definition) is 6. The second-order valence-electron chi connectivity index (χ2n) is 10.2. The Morgan fingerprint density at radius 2 is 2.07 bits per heavy atom. The Morgan fingerprint density at radius 3 is 2.80 bits per heavy atom. The molecule has 30 heavy (non-hydrogen) atoms. The minimum absolute atomic E-state index is 0.0782. The van der Waals surface area contributed by atoms with E-state index in [9.17, 15) is 9.59 Å². The van der Waals surface area contributed by atoms with Crippen LogP contribution in [0.5, 0.6) is 0 Å². The number of carbonyl (C=O) groups excluding carboxylic acids is 2. The number of methoxy groups -OCH3 is 1. The van der Waals surface area contributed by atoms with Gasteiger partial charge in [-0.1, -0.05) is 25.5 Å². The Bertz CT molecular complexity index is 775. The molecule has 4 aliphatic carbocycles. The second-order valence-corrected chi connectivity index (χ2v) is 10.2. The summed E-state index contributed by atoms with van der Waals surface area (Å²) in [6.07, 6.45) is 10.6. The van der Waals surface area contributed by atoms with Crippen LogP contribution in [0.1, 0.15) is 58.8 Å². The topological polar surface area (TPSA) is 90.7 Å². The van der Waals surface area contributed by atoms with Gasteiger partial charge in [-0.05, 0) is 61.7 Å². The fraction of sp³-hybridized carbons (Fsp3) is 0.750. The van der Waals surface area contributed by atoms with E-state index in [1.54, 1.807) is 6.08 Å². The molecule has 4 rings (SSSR count). The third-order valence-corrected chi connectivity index (χ3v) is 8.80. The van der Waals surface area contributed by atoms with Crippen LogP contribution in [-0.4, -0.2) is 32.0 Å². The first-order chi connectivity index (χ1) is 14.3. The lowest BCUT2D eigenvalue weighted by atomic mass is 9.45. The molecule has 4 unspecified atom stereocenters. The van der Waals surface area contributed by atoms with Crippen molar-refractivity contribution in [3.63, 3.8) is 0 Å². The lowest BCUT2D eigenvalue weighted by Crippen LogP contribution is -2.53. The zero-order valence-electron chi connectivity index (χ0n) is 18.5. The van der Waals surface area contributed by atoms with Gasteiger partial charge in [0.25, 0.3) is 0 Å². The number of carbonyl (C=O) groups is 2. The van der Waals surface area contributed by atoms with Crippen molar-refractivity contribution in [1.29, 1.82) is 0 Å². The van der Waals surface area contributed by atoms with Gasteiger partial charge in [-0.25, -0.2) is 4.79 Å². The van der Waals surface area contributed by atoms with Crippen molar-refractivity contribution in [3.05, 3.63) is 23.4 Å². The van der Waals surface area contributed by atoms with Crippen molar-refractivity contribution in [2.75, 3.05) is 20.3 Å². The lowest BCUT2D eigenvalue weighted by Gasteiger charge is -2.59. The van der Waals surface area contributed by atoms with Gasteiger partial charge in [0.15, 0.2) is 0 Å². The average molecular weight is 417 g/mol. The van der Waals surface area contributed by atoms with Crippen molar-refractivity contribution < 1.29 is 19.2 Å². The molecule has 6 atom stereocenters. The first-order valence-electron chi connectivity index (χ1n) is 11.4. The van der Waals surface area contributed by atoms with E-state index in [1.807, 2.05) is 0 Å². The highest BCUT2D eigenvalue weighted by Crippen LogP contribution is 2.66. The summed E-state index contributed by atoms with van der Waals surface area (Å²) in [5.74, 6) is 1.80. The van der Waals surface area contributed by atoms with Crippen molar-refractivity contribution in [2.45, 2.75) is 58.8 Å². The summed E-state index contributed by atoms with van der Waals surface area (Å²) in [6.45, 7) is 5.52. The fourth-order valence-corrected chi connectivity index (χ4v) is 7.19. The summed E-state index contributed by atoms with van der Waals surface area (Å²) in [7, 11) is 1.43. The molecule has 3 saturated carbocycles. The van der Waals surface area contributed by atoms with Crippen molar-refractivity contribution in [3.8, 4) is 0 Å². The zero-order valence-corrected chi connectivity index (χ0v) is 18.5. The molecular formula is C24H36N2O4. The molecule has 0 bridgehead atoms. The summed E-state index contributed by atoms with van der Waals surface area (Å²) in [5.41, 5.74) is 10.7. The van der Waals surface area contributed by atoms with E-state index in [0.717, 1.165) is 49.8 Å². The second kappa shape index (κ2) is 8.12. The van der Waals surface area contributed by atoms with Gasteiger partial charge in [-0.2, -0.15) is 0 Å². The Balaban J connectivity index is 1.69. The molecular weight excluding hydrogens is 380 g/mol. The third kappa shape index (κ3) is 3.42. The van der Waals surface area contributed by atoms with E-state index < -0.39 is 0 Å². The molecule has 0 spiro atoms. The fourth-order valence-electron chi connectivity index (χ4n) is 7.19. The number of esters is 1. The largest absolute Gasteiger partial charge is 0.466 e. The summed E-state index contributed by atoms with van der Waals surface area (Å²) in [4.78, 5) is 30.4. The number of hydroxylamine groups is 1. The number of nitrogens with one attached hydrogen (secondary N) is 1. The first kappa shape index (κ1) is 21.6. The van der Waals surface area contributed by atoms with Gasteiger partial charge in [0.05, 0.1) is 13.7 Å². The van der Waals surface area contributed by atoms with Crippen LogP contribution in [-0.2, 0) is 19.2 Å². The molecule has 0 aromatic rings. The highest BCUT2D eigenvalue weighted by molar-refractivity contribution is 5.87. The van der Waals surface area contributed by atoms with Gasteiger partial charge >= 0.3 is 5.97 Å². The average Bonchev–Trinajstić information content (AvgIpc) is 3.03. The maximum Gasteiger partial charge on any atom is 0.330 e. The highest BCUT2D eigenvalue weighted by atomic mass is 16.6. The Labute approximate surface area is 179 Å². The number of nitrogens with two attached hydrogens (primary N) is 1. The minimum Gasteiger partial charge on any atom is -0.466 e. The molecule has 4 aliphatic rings. The number of rotatable bonds is 5. The summed E-state index contributed by atoms with van der Waals surface area (Å²) >= 11 is 0. The number of fused-ring (bicyclic) bond motifs is 5. The highest BCUT2D eigenvalue weighted by Gasteiger charge is 2.60. The van der Waals surface area contributed by atoms with Crippen LogP contribution in [0, 0.1) is 34.5 Å². The maximum atomic E-state index is 12.7. The van der Waals surface area contributed by atoms with Crippen LogP contribution in [0.15, 0.2) is 23.4 Å². The minimum atomic E-state index is -0.292. The molecule has 0 aliphatic heterocycles. The van der Waals surface area contributed by atoms with E-state index in [1.165, 1.54) is 7.11 Å². The van der Waals surface area contributed by atoms with E-state index in [4.69, 9.17) is 15.3 Å². The van der Waals surface area contributed by atoms with Gasteiger partial charge in [0, 0.05) is 36.1 Å². The molecule has 0 aromatic carbocycles. The van der Waals surface area contributed by atoms with E-state index in [0.29, 0.717) is 43.1 Å². The smallest absolute Gasteiger partial charge is 0.330 e. The molecule has 0 aromatic heterocycles. The third-order valence-electron chi connectivity index (χ3n) is 8.80. The molecule has 0 amide bonds. The van der Waals surface area contributed by atoms with Gasteiger partial charge in [0.2, 0.25) is 0 Å². The van der Waals surface area contributed by atoms with E-state index in [-0.39, 0.29) is 22.7 Å². The van der Waals surface area contributed by atoms with Gasteiger partial charge in [0.1, 0.15) is 5.78 Å². The van der Waals surface area contributed by atoms with Crippen LogP contribution >= 0.6 is 0 Å². The maximum absolute atomic E-state index is 12.7. The van der Waals surface area contributed by atoms with Crippen LogP contribution in [0.3, 0.4) is 0 Å². The molecule has 6 nitrogen and oxygen atoms in total. The SMILES string of the molecule is COC(=O)C=C1CC2C(CC[C@]3(C)C(=O)CCC23)[C@@]2(C)CCC(NOCCN)=CC12. The lowest BCUT2D eigenvalue weighted by molar-refractivity contribution is -0.136. The molecule has 0 saturated heterocycles. The Kier molecular flexibility index (Phi) is 5.84. The summed E-state index contributed by atoms with van der Waals surface area (Å²) in [6, 6.07) is 0. The predicted molar refractivity (Wildman–Crippen MR) is 114 cm³/mol. The quantitative estimate of drug-likeness (QED) is 0.309. The van der Waals surface area contributed by atoms with E-state index in [2.05, 4.69) is 25.4 Å². The van der Waals surface area contributed by atoms with Crippen molar-refractivity contribution in [1.82, 2.24) is 5.48 Å². The Morgan fingerprint density at radius 1 is 1.27 bits per heavy atom. The molecule has 6 heteroatoms. The number of ketones is 1. The summed E-state index contributed by atoms with van der Waals surface area (Å²) in [5, 5.41) is 0. The number of hydrogen-bond donors (Lipinski definition) is 2. The van der Waals surface area contributed by atoms with Crippen molar-refractivity contribution >= 4 is 11.8 Å². The van der Waals surface area contributed by atoms with Crippen LogP contribution in [0.2, 0.25) is 0 Å². The molecule has 3 fully saturated rings. The predicted octanol–water partition coefficient (Wildman–Crippen LogP) is 3.28. The summed E-state index contributed by atoms with van der Waals surface area (Å²) < 4.78 is 4.99. The molecule has 0 heterocycles. The zero-order chi connectivity index (χ0) is 21.5. The number of Topliss-reactive ketones (excluding diaryl/α,β-unsaturated/α-hetero) is 1. The normalized spacial score (nSPS) is 41.5. The number of ether oxygens (including phenoxy) is 1. The molecule has 3 N–H and O–H groups in total. The van der Waals surface area contributed by atoms with Crippen LogP contribution in [0.4, 0.5) is 0 Å². The molecule has 166 valence electrons. The van der Waals surface area contributed by atoms with Crippen LogP contribution < -0.4 is 11.2 Å². The van der Waals surface area contributed by atoms with Crippen LogP contribution in [0.25, 0.3) is 0 Å².